The average Bonchev–Trinajstić information content (AvgIpc) is 3.15. The van der Waals surface area contributed by atoms with Gasteiger partial charge in [-0.2, -0.15) is 4.31 Å². The highest BCUT2D eigenvalue weighted by molar-refractivity contribution is 7.89. The number of hydrogen-bond acceptors (Lipinski definition) is 8. The Hall–Kier alpha value is -2.57. The molecule has 0 unspecified atom stereocenters. The Labute approximate surface area is 194 Å². The van der Waals surface area contributed by atoms with Gasteiger partial charge in [0.2, 0.25) is 10.0 Å². The van der Waals surface area contributed by atoms with Gasteiger partial charge in [-0.3, -0.25) is 4.79 Å². The molecule has 0 saturated carbocycles. The topological polar surface area (TPSA) is 121 Å². The minimum atomic E-state index is -3.76. The van der Waals surface area contributed by atoms with E-state index in [0.717, 1.165) is 0 Å². The van der Waals surface area contributed by atoms with Gasteiger partial charge in [-0.05, 0) is 23.7 Å². The third kappa shape index (κ3) is 5.68. The molecular weight excluding hydrogens is 464 g/mol. The Bertz CT molecular complexity index is 1110. The predicted octanol–water partition coefficient (Wildman–Crippen LogP) is 2.08. The lowest BCUT2D eigenvalue weighted by Gasteiger charge is -2.33. The summed E-state index contributed by atoms with van der Waals surface area (Å²) in [5.41, 5.74) is 1.50. The number of esters is 2. The number of benzene rings is 1. The maximum Gasteiger partial charge on any atom is 0.337 e. The summed E-state index contributed by atoms with van der Waals surface area (Å²) in [5.74, 6) is -1.93. The number of aromatic nitrogens is 3. The van der Waals surface area contributed by atoms with Crippen molar-refractivity contribution in [3.8, 4) is 0 Å². The fraction of sp³-hybridized carbons (Fsp3) is 0.524. The molecule has 0 saturated heterocycles. The van der Waals surface area contributed by atoms with Crippen molar-refractivity contribution >= 4 is 30.0 Å². The Morgan fingerprint density at radius 1 is 1.12 bits per heavy atom. The van der Waals surface area contributed by atoms with Crippen molar-refractivity contribution in [3.63, 3.8) is 0 Å². The SMILES string of the molecule is COC(=O)c1ccc([C@H]2[C@H](C(=O)OC)Cn3nncc3CN2S(=O)(=O)CC[Si](C)(C)C)cc1. The maximum absolute atomic E-state index is 13.7. The van der Waals surface area contributed by atoms with Crippen LogP contribution >= 0.6 is 0 Å². The number of carbonyl (C=O) groups is 2. The van der Waals surface area contributed by atoms with Crippen LogP contribution in [0.2, 0.25) is 25.7 Å². The molecule has 0 N–H and O–H groups in total. The molecule has 10 nitrogen and oxygen atoms in total. The minimum absolute atomic E-state index is 0.0189. The van der Waals surface area contributed by atoms with Crippen LogP contribution in [0.25, 0.3) is 0 Å². The summed E-state index contributed by atoms with van der Waals surface area (Å²) in [7, 11) is -2.85. The molecule has 2 heterocycles. The smallest absolute Gasteiger partial charge is 0.337 e. The van der Waals surface area contributed by atoms with Crippen LogP contribution in [-0.2, 0) is 37.4 Å². The molecule has 1 aromatic heterocycles. The molecule has 1 aliphatic rings. The molecule has 0 aliphatic carbocycles. The van der Waals surface area contributed by atoms with Crippen LogP contribution in [0.5, 0.6) is 0 Å². The van der Waals surface area contributed by atoms with E-state index in [4.69, 9.17) is 9.47 Å². The molecule has 180 valence electrons. The van der Waals surface area contributed by atoms with Crippen LogP contribution in [-0.4, -0.2) is 67.7 Å². The highest BCUT2D eigenvalue weighted by Gasteiger charge is 2.44. The lowest BCUT2D eigenvalue weighted by Crippen LogP contribution is -2.42. The fourth-order valence-electron chi connectivity index (χ4n) is 3.81. The van der Waals surface area contributed by atoms with Gasteiger partial charge in [-0.1, -0.05) is 37.0 Å². The van der Waals surface area contributed by atoms with Crippen molar-refractivity contribution in [3.05, 3.63) is 47.3 Å². The maximum atomic E-state index is 13.7. The fourth-order valence-corrected chi connectivity index (χ4v) is 8.47. The monoisotopic (exact) mass is 494 g/mol. The van der Waals surface area contributed by atoms with Crippen LogP contribution < -0.4 is 0 Å². The first-order chi connectivity index (χ1) is 15.5. The molecular formula is C21H30N4O6SSi. The number of nitrogens with zero attached hydrogens (tertiary/aromatic N) is 4. The molecule has 0 fully saturated rings. The Morgan fingerprint density at radius 2 is 1.79 bits per heavy atom. The van der Waals surface area contributed by atoms with Crippen LogP contribution in [0.15, 0.2) is 30.5 Å². The second kappa shape index (κ2) is 9.73. The summed E-state index contributed by atoms with van der Waals surface area (Å²) in [5, 5.41) is 7.94. The van der Waals surface area contributed by atoms with E-state index in [1.807, 2.05) is 0 Å². The molecule has 2 aromatic rings. The second-order valence-electron chi connectivity index (χ2n) is 9.27. The van der Waals surface area contributed by atoms with Gasteiger partial charge < -0.3 is 9.47 Å². The molecule has 0 radical (unpaired) electrons. The van der Waals surface area contributed by atoms with Gasteiger partial charge in [0.05, 0.1) is 62.5 Å². The van der Waals surface area contributed by atoms with Crippen molar-refractivity contribution in [1.82, 2.24) is 19.3 Å². The van der Waals surface area contributed by atoms with Gasteiger partial charge in [0.15, 0.2) is 0 Å². The zero-order valence-electron chi connectivity index (χ0n) is 19.5. The van der Waals surface area contributed by atoms with Crippen molar-refractivity contribution in [2.24, 2.45) is 5.92 Å². The third-order valence-corrected chi connectivity index (χ3v) is 9.62. The van der Waals surface area contributed by atoms with Gasteiger partial charge >= 0.3 is 11.9 Å². The standard InChI is InChI=1S/C21H30N4O6SSi/c1-30-20(26)16-8-6-15(7-9-16)19-18(21(27)31-2)14-24-17(12-22-23-24)13-25(19)32(28,29)10-11-33(3,4)5/h6-9,12,18-19H,10-11,13-14H2,1-5H3/t18-,19+/m1/s1. The lowest BCUT2D eigenvalue weighted by molar-refractivity contribution is -0.148. The van der Waals surface area contributed by atoms with Crippen LogP contribution in [0, 0.1) is 5.92 Å². The average molecular weight is 495 g/mol. The van der Waals surface area contributed by atoms with E-state index in [1.165, 1.54) is 24.7 Å². The summed E-state index contributed by atoms with van der Waals surface area (Å²) in [4.78, 5) is 24.7. The minimum Gasteiger partial charge on any atom is -0.469 e. The van der Waals surface area contributed by atoms with Gasteiger partial charge in [-0.15, -0.1) is 5.10 Å². The number of methoxy groups -OCH3 is 2. The van der Waals surface area contributed by atoms with Crippen molar-refractivity contribution in [2.45, 2.75) is 44.8 Å². The number of sulfonamides is 1. The molecule has 1 aromatic carbocycles. The van der Waals surface area contributed by atoms with Crippen molar-refractivity contribution in [2.75, 3.05) is 20.0 Å². The number of carbonyl (C=O) groups excluding carboxylic acids is 2. The molecule has 0 amide bonds. The summed E-state index contributed by atoms with van der Waals surface area (Å²) < 4.78 is 40.0. The lowest BCUT2D eigenvalue weighted by atomic mass is 9.92. The largest absolute Gasteiger partial charge is 0.469 e. The molecule has 0 spiro atoms. The van der Waals surface area contributed by atoms with E-state index >= 15 is 0 Å². The highest BCUT2D eigenvalue weighted by atomic mass is 32.2. The number of rotatable bonds is 7. The number of ether oxygens (including phenoxy) is 2. The van der Waals surface area contributed by atoms with E-state index in [2.05, 4.69) is 30.0 Å². The molecule has 1 aliphatic heterocycles. The normalized spacial score (nSPS) is 19.4. The van der Waals surface area contributed by atoms with Gasteiger partial charge in [0, 0.05) is 8.07 Å². The van der Waals surface area contributed by atoms with Crippen molar-refractivity contribution in [1.29, 1.82) is 0 Å². The molecule has 2 atom stereocenters. The second-order valence-corrected chi connectivity index (χ2v) is 16.9. The van der Waals surface area contributed by atoms with Crippen molar-refractivity contribution < 1.29 is 27.5 Å². The quantitative estimate of drug-likeness (QED) is 0.424. The number of hydrogen-bond donors (Lipinski definition) is 0. The van der Waals surface area contributed by atoms with Gasteiger partial charge in [-0.25, -0.2) is 17.9 Å². The van der Waals surface area contributed by atoms with E-state index in [9.17, 15) is 18.0 Å². The first-order valence-electron chi connectivity index (χ1n) is 10.6. The van der Waals surface area contributed by atoms with E-state index in [0.29, 0.717) is 22.9 Å². The number of fused-ring (bicyclic) bond motifs is 1. The summed E-state index contributed by atoms with van der Waals surface area (Å²) >= 11 is 0. The van der Waals surface area contributed by atoms with E-state index < -0.39 is 42.0 Å². The van der Waals surface area contributed by atoms with Gasteiger partial charge in [0.1, 0.15) is 0 Å². The highest BCUT2D eigenvalue weighted by Crippen LogP contribution is 2.37. The van der Waals surface area contributed by atoms with Crippen LogP contribution in [0.3, 0.4) is 0 Å². The zero-order valence-corrected chi connectivity index (χ0v) is 21.3. The molecule has 33 heavy (non-hydrogen) atoms. The zero-order chi connectivity index (χ0) is 24.4. The Kier molecular flexibility index (Phi) is 7.39. The molecule has 3 rings (SSSR count). The Morgan fingerprint density at radius 3 is 2.36 bits per heavy atom. The molecule has 12 heteroatoms. The van der Waals surface area contributed by atoms with Crippen LogP contribution in [0.1, 0.15) is 27.7 Å². The third-order valence-electron chi connectivity index (χ3n) is 5.72. The summed E-state index contributed by atoms with van der Waals surface area (Å²) in [6.45, 7) is 6.49. The first kappa shape index (κ1) is 25.1. The van der Waals surface area contributed by atoms with E-state index in [1.54, 1.807) is 28.9 Å². The van der Waals surface area contributed by atoms with Gasteiger partial charge in [0.25, 0.3) is 0 Å². The molecule has 0 bridgehead atoms. The predicted molar refractivity (Wildman–Crippen MR) is 124 cm³/mol. The summed E-state index contributed by atoms with van der Waals surface area (Å²) in [6.07, 6.45) is 1.51. The first-order valence-corrected chi connectivity index (χ1v) is 15.9. The van der Waals surface area contributed by atoms with Crippen LogP contribution in [0.4, 0.5) is 0 Å². The summed E-state index contributed by atoms with van der Waals surface area (Å²) in [6, 6.07) is 6.18. The van der Waals surface area contributed by atoms with E-state index in [-0.39, 0.29) is 18.8 Å². The Balaban J connectivity index is 2.12.